The van der Waals surface area contributed by atoms with E-state index in [1.807, 2.05) is 0 Å². The summed E-state index contributed by atoms with van der Waals surface area (Å²) in [5, 5.41) is 8.80. The lowest BCUT2D eigenvalue weighted by atomic mass is 10.3. The number of carboxylic acid groups (broad SMARTS) is 1. The van der Waals surface area contributed by atoms with Crippen LogP contribution in [0.2, 0.25) is 0 Å². The van der Waals surface area contributed by atoms with Gasteiger partial charge in [-0.15, -0.1) is 0 Å². The Morgan fingerprint density at radius 1 is 1.24 bits per heavy atom. The maximum absolute atomic E-state index is 10.7. The highest BCUT2D eigenvalue weighted by Gasteiger charge is 2.31. The molecule has 1 aliphatic carbocycles. The van der Waals surface area contributed by atoms with E-state index in [1.54, 1.807) is 6.07 Å². The molecule has 2 fully saturated rings. The Bertz CT molecular complexity index is 417. The zero-order valence-electron chi connectivity index (χ0n) is 9.63. The number of hydrogen-bond donors (Lipinski definition) is 1. The lowest BCUT2D eigenvalue weighted by Gasteiger charge is -2.34. The molecule has 1 N–H and O–H groups in total. The number of anilines is 1. The Labute approximate surface area is 99.6 Å². The summed E-state index contributed by atoms with van der Waals surface area (Å²) in [6.45, 7) is 3.94. The number of piperazine rings is 1. The summed E-state index contributed by atoms with van der Waals surface area (Å²) in [5.41, 5.74) is 0. The van der Waals surface area contributed by atoms with E-state index in [0.717, 1.165) is 32.2 Å². The highest BCUT2D eigenvalue weighted by molar-refractivity contribution is 5.84. The van der Waals surface area contributed by atoms with Crippen LogP contribution in [0.5, 0.6) is 0 Å². The molecule has 5 heteroatoms. The standard InChI is InChI=1S/C12H16N2O3/c15-12(16)10-3-4-11(17-10)14-7-5-13(6-8-14)9-1-2-9/h3-4,9H,1-2,5-8H2,(H,15,16). The molecule has 0 radical (unpaired) electrons. The van der Waals surface area contributed by atoms with Crippen LogP contribution in [-0.2, 0) is 0 Å². The van der Waals surface area contributed by atoms with Crippen molar-refractivity contribution in [3.05, 3.63) is 17.9 Å². The summed E-state index contributed by atoms with van der Waals surface area (Å²) in [6.07, 6.45) is 2.67. The van der Waals surface area contributed by atoms with Crippen molar-refractivity contribution in [1.29, 1.82) is 0 Å². The van der Waals surface area contributed by atoms with Gasteiger partial charge in [-0.1, -0.05) is 0 Å². The van der Waals surface area contributed by atoms with E-state index >= 15 is 0 Å². The second-order valence-electron chi connectivity index (χ2n) is 4.70. The maximum atomic E-state index is 10.7. The van der Waals surface area contributed by atoms with Crippen LogP contribution in [0.15, 0.2) is 16.5 Å². The van der Waals surface area contributed by atoms with Crippen molar-refractivity contribution >= 4 is 11.9 Å². The van der Waals surface area contributed by atoms with Crippen LogP contribution < -0.4 is 4.90 Å². The summed E-state index contributed by atoms with van der Waals surface area (Å²) < 4.78 is 5.30. The average Bonchev–Trinajstić information content (AvgIpc) is 3.06. The number of hydrogen-bond acceptors (Lipinski definition) is 4. The van der Waals surface area contributed by atoms with Gasteiger partial charge in [-0.05, 0) is 18.9 Å². The highest BCUT2D eigenvalue weighted by atomic mass is 16.4. The van der Waals surface area contributed by atoms with Crippen LogP contribution in [0.4, 0.5) is 5.88 Å². The molecule has 2 aliphatic rings. The van der Waals surface area contributed by atoms with Crippen LogP contribution in [0, 0.1) is 0 Å². The normalized spacial score (nSPS) is 21.8. The minimum Gasteiger partial charge on any atom is -0.475 e. The predicted molar refractivity (Wildman–Crippen MR) is 62.5 cm³/mol. The van der Waals surface area contributed by atoms with Gasteiger partial charge in [0.25, 0.3) is 0 Å². The molecule has 0 atom stereocenters. The summed E-state index contributed by atoms with van der Waals surface area (Å²) in [4.78, 5) is 15.4. The van der Waals surface area contributed by atoms with Gasteiger partial charge in [0.1, 0.15) is 0 Å². The van der Waals surface area contributed by atoms with E-state index in [1.165, 1.54) is 18.9 Å². The third-order valence-corrected chi connectivity index (χ3v) is 3.49. The highest BCUT2D eigenvalue weighted by Crippen LogP contribution is 2.28. The molecule has 3 rings (SSSR count). The largest absolute Gasteiger partial charge is 0.475 e. The zero-order valence-corrected chi connectivity index (χ0v) is 9.63. The monoisotopic (exact) mass is 236 g/mol. The third-order valence-electron chi connectivity index (χ3n) is 3.49. The molecule has 2 heterocycles. The summed E-state index contributed by atoms with van der Waals surface area (Å²) in [5.74, 6) is -0.310. The fourth-order valence-corrected chi connectivity index (χ4v) is 2.36. The molecule has 1 aromatic rings. The van der Waals surface area contributed by atoms with Gasteiger partial charge in [-0.2, -0.15) is 0 Å². The number of furan rings is 1. The summed E-state index contributed by atoms with van der Waals surface area (Å²) >= 11 is 0. The van der Waals surface area contributed by atoms with Crippen LogP contribution >= 0.6 is 0 Å². The number of carboxylic acids is 1. The molecule has 5 nitrogen and oxygen atoms in total. The van der Waals surface area contributed by atoms with E-state index in [0.29, 0.717) is 5.88 Å². The Balaban J connectivity index is 1.62. The average molecular weight is 236 g/mol. The topological polar surface area (TPSA) is 56.9 Å². The van der Waals surface area contributed by atoms with Crippen molar-refractivity contribution < 1.29 is 14.3 Å². The molecule has 0 spiro atoms. The van der Waals surface area contributed by atoms with Crippen LogP contribution in [0.25, 0.3) is 0 Å². The van der Waals surface area contributed by atoms with Crippen molar-refractivity contribution in [2.75, 3.05) is 31.1 Å². The quantitative estimate of drug-likeness (QED) is 0.856. The molecule has 0 amide bonds. The van der Waals surface area contributed by atoms with Gasteiger partial charge < -0.3 is 14.4 Å². The van der Waals surface area contributed by atoms with E-state index in [2.05, 4.69) is 9.80 Å². The van der Waals surface area contributed by atoms with Crippen LogP contribution in [0.1, 0.15) is 23.4 Å². The lowest BCUT2D eigenvalue weighted by molar-refractivity contribution is 0.0663. The molecule has 0 unspecified atom stereocenters. The molecule has 0 aromatic carbocycles. The van der Waals surface area contributed by atoms with Crippen LogP contribution in [-0.4, -0.2) is 48.2 Å². The van der Waals surface area contributed by atoms with Crippen molar-refractivity contribution in [1.82, 2.24) is 4.90 Å². The van der Waals surface area contributed by atoms with Crippen molar-refractivity contribution in [3.8, 4) is 0 Å². The molecule has 0 bridgehead atoms. The van der Waals surface area contributed by atoms with Crippen LogP contribution in [0.3, 0.4) is 0 Å². The smallest absolute Gasteiger partial charge is 0.371 e. The molecular weight excluding hydrogens is 220 g/mol. The van der Waals surface area contributed by atoms with Gasteiger partial charge in [-0.25, -0.2) is 4.79 Å². The summed E-state index contributed by atoms with van der Waals surface area (Å²) in [7, 11) is 0. The van der Waals surface area contributed by atoms with Gasteiger partial charge in [0, 0.05) is 38.3 Å². The lowest BCUT2D eigenvalue weighted by Crippen LogP contribution is -2.47. The Hall–Kier alpha value is -1.49. The molecule has 1 saturated carbocycles. The minimum absolute atomic E-state index is 0.0182. The van der Waals surface area contributed by atoms with Gasteiger partial charge in [0.15, 0.2) is 5.88 Å². The molecular formula is C12H16N2O3. The van der Waals surface area contributed by atoms with E-state index in [9.17, 15) is 4.79 Å². The van der Waals surface area contributed by atoms with Crippen molar-refractivity contribution in [2.24, 2.45) is 0 Å². The maximum Gasteiger partial charge on any atom is 0.371 e. The first-order valence-corrected chi connectivity index (χ1v) is 6.06. The fraction of sp³-hybridized carbons (Fsp3) is 0.583. The van der Waals surface area contributed by atoms with E-state index in [-0.39, 0.29) is 5.76 Å². The Morgan fingerprint density at radius 2 is 1.94 bits per heavy atom. The third kappa shape index (κ3) is 2.15. The molecule has 17 heavy (non-hydrogen) atoms. The van der Waals surface area contributed by atoms with Gasteiger partial charge in [0.2, 0.25) is 5.76 Å². The molecule has 1 aliphatic heterocycles. The van der Waals surface area contributed by atoms with E-state index in [4.69, 9.17) is 9.52 Å². The Morgan fingerprint density at radius 3 is 2.47 bits per heavy atom. The molecule has 1 aromatic heterocycles. The number of nitrogens with zero attached hydrogens (tertiary/aromatic N) is 2. The van der Waals surface area contributed by atoms with Gasteiger partial charge in [-0.3, -0.25) is 4.90 Å². The predicted octanol–water partition coefficient (Wildman–Crippen LogP) is 1.26. The minimum atomic E-state index is -1.01. The SMILES string of the molecule is O=C(O)c1ccc(N2CCN(C3CC3)CC2)o1. The Kier molecular flexibility index (Phi) is 2.55. The molecule has 92 valence electrons. The van der Waals surface area contributed by atoms with Gasteiger partial charge >= 0.3 is 5.97 Å². The first-order valence-electron chi connectivity index (χ1n) is 6.06. The number of carbonyl (C=O) groups is 1. The van der Waals surface area contributed by atoms with Crippen molar-refractivity contribution in [3.63, 3.8) is 0 Å². The van der Waals surface area contributed by atoms with Crippen molar-refractivity contribution in [2.45, 2.75) is 18.9 Å². The first-order chi connectivity index (χ1) is 8.24. The second kappa shape index (κ2) is 4.07. The van der Waals surface area contributed by atoms with Gasteiger partial charge in [0.05, 0.1) is 0 Å². The molecule has 1 saturated heterocycles. The number of rotatable bonds is 3. The zero-order chi connectivity index (χ0) is 11.8. The summed E-state index contributed by atoms with van der Waals surface area (Å²) in [6, 6.07) is 4.07. The number of aromatic carboxylic acids is 1. The van der Waals surface area contributed by atoms with E-state index < -0.39 is 5.97 Å². The fourth-order valence-electron chi connectivity index (χ4n) is 2.36. The first kappa shape index (κ1) is 10.7. The second-order valence-corrected chi connectivity index (χ2v) is 4.70.